The molecule has 0 saturated heterocycles. The Morgan fingerprint density at radius 1 is 1.30 bits per heavy atom. The van der Waals surface area contributed by atoms with Crippen molar-refractivity contribution in [1.29, 1.82) is 0 Å². The molecule has 1 N–H and O–H groups in total. The second-order valence-corrected chi connectivity index (χ2v) is 7.04. The summed E-state index contributed by atoms with van der Waals surface area (Å²) in [6, 6.07) is 0. The third-order valence-corrected chi connectivity index (χ3v) is 5.93. The fraction of sp³-hybridized carbons (Fsp3) is 0.647. The summed E-state index contributed by atoms with van der Waals surface area (Å²) in [5.74, 6) is -0.392. The van der Waals surface area contributed by atoms with Gasteiger partial charge in [-0.25, -0.2) is 0 Å². The van der Waals surface area contributed by atoms with Gasteiger partial charge in [0.25, 0.3) is 0 Å². The molecule has 1 saturated carbocycles. The number of fused-ring (bicyclic) bond motifs is 3. The topological polar surface area (TPSA) is 54.4 Å². The molecule has 3 rings (SSSR count). The van der Waals surface area contributed by atoms with Crippen molar-refractivity contribution in [3.63, 3.8) is 0 Å². The maximum Gasteiger partial charge on any atom is 0.309 e. The second kappa shape index (κ2) is 4.31. The zero-order chi connectivity index (χ0) is 14.5. The summed E-state index contributed by atoms with van der Waals surface area (Å²) in [6.45, 7) is 4.07. The highest BCUT2D eigenvalue weighted by Gasteiger charge is 2.55. The van der Waals surface area contributed by atoms with Gasteiger partial charge in [-0.1, -0.05) is 19.4 Å². The van der Waals surface area contributed by atoms with Crippen LogP contribution in [0.15, 0.2) is 23.3 Å². The van der Waals surface area contributed by atoms with Crippen LogP contribution in [0.2, 0.25) is 0 Å². The summed E-state index contributed by atoms with van der Waals surface area (Å²) in [7, 11) is 0. The van der Waals surface area contributed by atoms with Crippen molar-refractivity contribution in [1.82, 2.24) is 0 Å². The maximum atomic E-state index is 11.8. The fourth-order valence-corrected chi connectivity index (χ4v) is 4.70. The quantitative estimate of drug-likeness (QED) is 0.796. The van der Waals surface area contributed by atoms with Crippen LogP contribution in [0.5, 0.6) is 0 Å². The van der Waals surface area contributed by atoms with E-state index in [1.54, 1.807) is 6.08 Å². The van der Waals surface area contributed by atoms with E-state index in [2.05, 4.69) is 13.0 Å². The van der Waals surface area contributed by atoms with Gasteiger partial charge >= 0.3 is 5.97 Å². The van der Waals surface area contributed by atoms with Crippen LogP contribution < -0.4 is 0 Å². The van der Waals surface area contributed by atoms with Gasteiger partial charge in [0.2, 0.25) is 0 Å². The number of hydrogen-bond acceptors (Lipinski definition) is 2. The maximum absolute atomic E-state index is 11.8. The number of aliphatic carboxylic acids is 1. The summed E-state index contributed by atoms with van der Waals surface area (Å²) in [6.07, 6.45) is 8.92. The van der Waals surface area contributed by atoms with Gasteiger partial charge in [-0.3, -0.25) is 9.59 Å². The Labute approximate surface area is 119 Å². The molecule has 0 aliphatic heterocycles. The minimum absolute atomic E-state index is 0.0992. The van der Waals surface area contributed by atoms with E-state index in [9.17, 15) is 14.7 Å². The zero-order valence-corrected chi connectivity index (χ0v) is 12.2. The van der Waals surface area contributed by atoms with E-state index in [0.717, 1.165) is 37.7 Å². The molecule has 0 heterocycles. The van der Waals surface area contributed by atoms with E-state index < -0.39 is 11.4 Å². The van der Waals surface area contributed by atoms with Gasteiger partial charge in [0.1, 0.15) is 0 Å². The van der Waals surface area contributed by atoms with Gasteiger partial charge in [0.15, 0.2) is 5.78 Å². The highest BCUT2D eigenvalue weighted by molar-refractivity contribution is 5.93. The van der Waals surface area contributed by atoms with Crippen LogP contribution in [0, 0.1) is 16.7 Å². The molecule has 0 aromatic rings. The number of allylic oxidation sites excluding steroid dienone is 4. The van der Waals surface area contributed by atoms with Crippen molar-refractivity contribution in [2.75, 3.05) is 0 Å². The van der Waals surface area contributed by atoms with Gasteiger partial charge in [0.05, 0.1) is 5.41 Å². The number of carbonyl (C=O) groups is 2. The van der Waals surface area contributed by atoms with Crippen LogP contribution in [0.3, 0.4) is 0 Å². The molecule has 0 bridgehead atoms. The number of hydrogen-bond donors (Lipinski definition) is 1. The Morgan fingerprint density at radius 2 is 2.05 bits per heavy atom. The van der Waals surface area contributed by atoms with E-state index >= 15 is 0 Å². The predicted octanol–water partition coefficient (Wildman–Crippen LogP) is 3.50. The Balaban J connectivity index is 2.11. The van der Waals surface area contributed by atoms with E-state index in [1.807, 2.05) is 6.92 Å². The molecular formula is C17H22O3. The monoisotopic (exact) mass is 274 g/mol. The van der Waals surface area contributed by atoms with Crippen molar-refractivity contribution in [2.45, 2.75) is 52.4 Å². The molecule has 1 fully saturated rings. The van der Waals surface area contributed by atoms with Gasteiger partial charge in [0, 0.05) is 6.42 Å². The summed E-state index contributed by atoms with van der Waals surface area (Å²) >= 11 is 0. The van der Waals surface area contributed by atoms with Gasteiger partial charge in [-0.2, -0.15) is 0 Å². The molecule has 0 amide bonds. The molecule has 3 aliphatic carbocycles. The van der Waals surface area contributed by atoms with E-state index in [1.165, 1.54) is 5.57 Å². The number of carboxylic acids is 1. The molecule has 0 unspecified atom stereocenters. The minimum Gasteiger partial charge on any atom is -0.481 e. The van der Waals surface area contributed by atoms with E-state index in [-0.39, 0.29) is 17.1 Å². The first-order valence-corrected chi connectivity index (χ1v) is 7.56. The first kappa shape index (κ1) is 13.6. The third kappa shape index (κ3) is 1.72. The third-order valence-electron chi connectivity index (χ3n) is 5.93. The molecule has 0 radical (unpaired) electrons. The molecule has 3 heteroatoms. The molecule has 3 atom stereocenters. The summed E-state index contributed by atoms with van der Waals surface area (Å²) in [5.41, 5.74) is 1.61. The average Bonchev–Trinajstić information content (AvgIpc) is 2.39. The van der Waals surface area contributed by atoms with Crippen LogP contribution in [0.1, 0.15) is 52.4 Å². The molecule has 0 aromatic carbocycles. The van der Waals surface area contributed by atoms with Crippen molar-refractivity contribution in [3.8, 4) is 0 Å². The largest absolute Gasteiger partial charge is 0.481 e. The lowest BCUT2D eigenvalue weighted by Crippen LogP contribution is -2.50. The van der Waals surface area contributed by atoms with Crippen molar-refractivity contribution < 1.29 is 14.7 Å². The molecule has 3 aliphatic rings. The van der Waals surface area contributed by atoms with Crippen LogP contribution in [-0.2, 0) is 9.59 Å². The molecular weight excluding hydrogens is 252 g/mol. The Hall–Kier alpha value is -1.38. The second-order valence-electron chi connectivity index (χ2n) is 7.04. The first-order chi connectivity index (χ1) is 9.38. The minimum atomic E-state index is -0.687. The standard InChI is InChI=1S/C17H22O3/c1-16-8-3-9-17(2,15(19)20)14(16)7-5-11-4-6-12(18)10-13(11)16/h5,10,14H,3-4,6-9H2,1-2H3,(H,19,20)/t14-,16-,17-/m1/s1. The molecule has 3 nitrogen and oxygen atoms in total. The molecule has 20 heavy (non-hydrogen) atoms. The van der Waals surface area contributed by atoms with E-state index in [0.29, 0.717) is 6.42 Å². The van der Waals surface area contributed by atoms with Crippen molar-refractivity contribution in [3.05, 3.63) is 23.3 Å². The smallest absolute Gasteiger partial charge is 0.309 e. The predicted molar refractivity (Wildman–Crippen MR) is 76.2 cm³/mol. The zero-order valence-electron chi connectivity index (χ0n) is 12.2. The van der Waals surface area contributed by atoms with Gasteiger partial charge in [-0.15, -0.1) is 0 Å². The fourth-order valence-electron chi connectivity index (χ4n) is 4.70. The number of carbonyl (C=O) groups excluding carboxylic acids is 1. The molecule has 108 valence electrons. The highest BCUT2D eigenvalue weighted by Crippen LogP contribution is 2.60. The number of carboxylic acid groups (broad SMARTS) is 1. The van der Waals surface area contributed by atoms with Crippen molar-refractivity contribution >= 4 is 11.8 Å². The molecule has 0 aromatic heterocycles. The summed E-state index contributed by atoms with van der Waals surface area (Å²) in [5, 5.41) is 9.69. The number of ketones is 1. The van der Waals surface area contributed by atoms with Gasteiger partial charge in [-0.05, 0) is 61.2 Å². The summed E-state index contributed by atoms with van der Waals surface area (Å²) < 4.78 is 0. The lowest BCUT2D eigenvalue weighted by Gasteiger charge is -2.54. The lowest BCUT2D eigenvalue weighted by atomic mass is 9.49. The van der Waals surface area contributed by atoms with Crippen LogP contribution >= 0.6 is 0 Å². The normalized spacial score (nSPS) is 40.3. The van der Waals surface area contributed by atoms with Crippen LogP contribution in [0.4, 0.5) is 0 Å². The Kier molecular flexibility index (Phi) is 2.93. The number of rotatable bonds is 1. The van der Waals surface area contributed by atoms with E-state index in [4.69, 9.17) is 0 Å². The van der Waals surface area contributed by atoms with Crippen molar-refractivity contribution in [2.24, 2.45) is 16.7 Å². The van der Waals surface area contributed by atoms with Gasteiger partial charge < -0.3 is 5.11 Å². The lowest BCUT2D eigenvalue weighted by molar-refractivity contribution is -0.158. The van der Waals surface area contributed by atoms with Crippen LogP contribution in [0.25, 0.3) is 0 Å². The molecule has 0 spiro atoms. The Bertz CT molecular complexity index is 542. The van der Waals surface area contributed by atoms with Crippen LogP contribution in [-0.4, -0.2) is 16.9 Å². The summed E-state index contributed by atoms with van der Waals surface area (Å²) in [4.78, 5) is 23.6. The average molecular weight is 274 g/mol. The SMILES string of the molecule is C[C@@]1(C(=O)O)CCC[C@]2(C)C3=CC(=O)CCC3=CC[C@@H]12. The Morgan fingerprint density at radius 3 is 2.75 bits per heavy atom. The highest BCUT2D eigenvalue weighted by atomic mass is 16.4. The first-order valence-electron chi connectivity index (χ1n) is 7.56.